The van der Waals surface area contributed by atoms with E-state index in [0.29, 0.717) is 0 Å². The van der Waals surface area contributed by atoms with Gasteiger partial charge in [-0.3, -0.25) is 0 Å². The van der Waals surface area contributed by atoms with Crippen molar-refractivity contribution in [2.45, 2.75) is 66.5 Å². The van der Waals surface area contributed by atoms with Crippen LogP contribution in [0.5, 0.6) is 0 Å². The second kappa shape index (κ2) is 6.35. The maximum Gasteiger partial charge on any atom is 0.133 e. The number of aromatic nitrogens is 1. The van der Waals surface area contributed by atoms with Gasteiger partial charge < -0.3 is 10.2 Å². The molecule has 0 spiro atoms. The number of hydrogen-bond acceptors (Lipinski definition) is 3. The number of hydrogen-bond donors (Lipinski definition) is 1. The van der Waals surface area contributed by atoms with Crippen molar-refractivity contribution >= 4 is 5.82 Å². The number of anilines is 1. The molecule has 0 bridgehead atoms. The average molecular weight is 289 g/mol. The topological polar surface area (TPSA) is 28.2 Å². The molecule has 1 aliphatic rings. The predicted octanol–water partition coefficient (Wildman–Crippen LogP) is 3.82. The Balaban J connectivity index is 2.27. The van der Waals surface area contributed by atoms with Crippen LogP contribution in [0, 0.1) is 19.8 Å². The van der Waals surface area contributed by atoms with Gasteiger partial charge in [0.2, 0.25) is 0 Å². The molecule has 3 nitrogen and oxygen atoms in total. The van der Waals surface area contributed by atoms with Crippen LogP contribution in [0.2, 0.25) is 0 Å². The first kappa shape index (κ1) is 16.3. The third-order valence-electron chi connectivity index (χ3n) is 4.11. The second-order valence-corrected chi connectivity index (χ2v) is 7.47. The predicted molar refractivity (Wildman–Crippen MR) is 90.9 cm³/mol. The summed E-state index contributed by atoms with van der Waals surface area (Å²) in [6.45, 7) is 16.3. The Labute approximate surface area is 130 Å². The van der Waals surface area contributed by atoms with E-state index in [0.717, 1.165) is 31.2 Å². The zero-order valence-corrected chi connectivity index (χ0v) is 14.6. The highest BCUT2D eigenvalue weighted by Gasteiger charge is 2.26. The van der Waals surface area contributed by atoms with Gasteiger partial charge in [0.25, 0.3) is 0 Å². The average Bonchev–Trinajstić information content (AvgIpc) is 3.16. The zero-order valence-electron chi connectivity index (χ0n) is 14.6. The molecule has 0 radical (unpaired) electrons. The summed E-state index contributed by atoms with van der Waals surface area (Å²) in [6.07, 6.45) is 2.77. The third kappa shape index (κ3) is 4.70. The van der Waals surface area contributed by atoms with Crippen molar-refractivity contribution in [1.29, 1.82) is 0 Å². The number of aryl methyl sites for hydroxylation is 2. The van der Waals surface area contributed by atoms with Crippen molar-refractivity contribution in [1.82, 2.24) is 10.3 Å². The van der Waals surface area contributed by atoms with Crippen LogP contribution in [-0.4, -0.2) is 23.6 Å². The van der Waals surface area contributed by atoms with Crippen LogP contribution in [0.15, 0.2) is 6.07 Å². The maximum atomic E-state index is 4.87. The van der Waals surface area contributed by atoms with Crippen LogP contribution in [0.1, 0.15) is 57.4 Å². The fourth-order valence-corrected chi connectivity index (χ4v) is 2.65. The standard InChI is InChI=1S/C18H31N3/c1-7-21(12-15-8-9-15)17-16(11-19-18(4,5)6)13(2)10-14(3)20-17/h10,15,19H,7-9,11-12H2,1-6H3. The number of rotatable bonds is 6. The zero-order chi connectivity index (χ0) is 15.6. The molecule has 0 saturated heterocycles. The van der Waals surface area contributed by atoms with Gasteiger partial charge in [0.15, 0.2) is 0 Å². The SMILES string of the molecule is CCN(CC1CC1)c1nc(C)cc(C)c1CNC(C)(C)C. The molecule has 0 atom stereocenters. The molecule has 1 N–H and O–H groups in total. The molecule has 1 heterocycles. The normalized spacial score (nSPS) is 15.3. The van der Waals surface area contributed by atoms with E-state index in [9.17, 15) is 0 Å². The van der Waals surface area contributed by atoms with E-state index in [1.54, 1.807) is 0 Å². The Kier molecular flexibility index (Phi) is 4.92. The largest absolute Gasteiger partial charge is 0.356 e. The van der Waals surface area contributed by atoms with E-state index < -0.39 is 0 Å². The fraction of sp³-hybridized carbons (Fsp3) is 0.722. The van der Waals surface area contributed by atoms with Gasteiger partial charge in [-0.25, -0.2) is 4.98 Å². The van der Waals surface area contributed by atoms with Crippen molar-refractivity contribution in [3.8, 4) is 0 Å². The molecular formula is C18H31N3. The van der Waals surface area contributed by atoms with Crippen molar-refractivity contribution in [2.75, 3.05) is 18.0 Å². The number of pyridine rings is 1. The summed E-state index contributed by atoms with van der Waals surface area (Å²) in [5.74, 6) is 2.08. The summed E-state index contributed by atoms with van der Waals surface area (Å²) in [5.41, 5.74) is 3.96. The molecule has 1 aromatic rings. The first-order valence-electron chi connectivity index (χ1n) is 8.27. The molecule has 1 aliphatic carbocycles. The lowest BCUT2D eigenvalue weighted by molar-refractivity contribution is 0.423. The Bertz CT molecular complexity index is 484. The lowest BCUT2D eigenvalue weighted by atomic mass is 10.0. The van der Waals surface area contributed by atoms with E-state index >= 15 is 0 Å². The van der Waals surface area contributed by atoms with E-state index in [1.807, 2.05) is 0 Å². The lowest BCUT2D eigenvalue weighted by Gasteiger charge is -2.28. The first-order valence-corrected chi connectivity index (χ1v) is 8.27. The van der Waals surface area contributed by atoms with Gasteiger partial charge in [-0.1, -0.05) is 0 Å². The number of nitrogens with one attached hydrogen (secondary N) is 1. The minimum atomic E-state index is 0.127. The minimum Gasteiger partial charge on any atom is -0.356 e. The van der Waals surface area contributed by atoms with Gasteiger partial charge in [-0.15, -0.1) is 0 Å². The molecular weight excluding hydrogens is 258 g/mol. The van der Waals surface area contributed by atoms with Crippen LogP contribution in [-0.2, 0) is 6.54 Å². The van der Waals surface area contributed by atoms with Crippen LogP contribution in [0.3, 0.4) is 0 Å². The molecule has 0 aliphatic heterocycles. The molecule has 0 unspecified atom stereocenters. The molecule has 1 saturated carbocycles. The number of nitrogens with zero attached hydrogens (tertiary/aromatic N) is 2. The van der Waals surface area contributed by atoms with Gasteiger partial charge in [0, 0.05) is 36.4 Å². The highest BCUT2D eigenvalue weighted by molar-refractivity contribution is 5.52. The summed E-state index contributed by atoms with van der Waals surface area (Å²) < 4.78 is 0. The minimum absolute atomic E-state index is 0.127. The van der Waals surface area contributed by atoms with E-state index in [-0.39, 0.29) is 5.54 Å². The molecule has 2 rings (SSSR count). The second-order valence-electron chi connectivity index (χ2n) is 7.47. The quantitative estimate of drug-likeness (QED) is 0.863. The molecule has 118 valence electrons. The van der Waals surface area contributed by atoms with Crippen molar-refractivity contribution in [3.05, 3.63) is 22.9 Å². The smallest absolute Gasteiger partial charge is 0.133 e. The van der Waals surface area contributed by atoms with Crippen molar-refractivity contribution in [2.24, 2.45) is 5.92 Å². The summed E-state index contributed by atoms with van der Waals surface area (Å²) in [7, 11) is 0. The van der Waals surface area contributed by atoms with Gasteiger partial charge in [0.05, 0.1) is 0 Å². The van der Waals surface area contributed by atoms with Crippen LogP contribution >= 0.6 is 0 Å². The summed E-state index contributed by atoms with van der Waals surface area (Å²) in [4.78, 5) is 7.34. The molecule has 1 aromatic heterocycles. The van der Waals surface area contributed by atoms with E-state index in [2.05, 4.69) is 57.8 Å². The highest BCUT2D eigenvalue weighted by atomic mass is 15.2. The third-order valence-corrected chi connectivity index (χ3v) is 4.11. The Morgan fingerprint density at radius 2 is 1.95 bits per heavy atom. The van der Waals surface area contributed by atoms with Crippen molar-refractivity contribution < 1.29 is 0 Å². The molecule has 3 heteroatoms. The summed E-state index contributed by atoms with van der Waals surface area (Å²) in [6, 6.07) is 2.20. The summed E-state index contributed by atoms with van der Waals surface area (Å²) in [5, 5.41) is 3.62. The first-order chi connectivity index (χ1) is 9.80. The lowest BCUT2D eigenvalue weighted by Crippen LogP contribution is -2.36. The van der Waals surface area contributed by atoms with Gasteiger partial charge in [-0.05, 0) is 71.9 Å². The molecule has 1 fully saturated rings. The van der Waals surface area contributed by atoms with Crippen LogP contribution in [0.25, 0.3) is 0 Å². The molecule has 0 aromatic carbocycles. The van der Waals surface area contributed by atoms with Crippen LogP contribution in [0.4, 0.5) is 5.82 Å². The summed E-state index contributed by atoms with van der Waals surface area (Å²) >= 11 is 0. The Hall–Kier alpha value is -1.09. The van der Waals surface area contributed by atoms with Crippen LogP contribution < -0.4 is 10.2 Å². The van der Waals surface area contributed by atoms with Crippen molar-refractivity contribution in [3.63, 3.8) is 0 Å². The Morgan fingerprint density at radius 1 is 1.29 bits per heavy atom. The monoisotopic (exact) mass is 289 g/mol. The highest BCUT2D eigenvalue weighted by Crippen LogP contribution is 2.32. The fourth-order valence-electron chi connectivity index (χ4n) is 2.65. The van der Waals surface area contributed by atoms with Gasteiger partial charge in [-0.2, -0.15) is 0 Å². The maximum absolute atomic E-state index is 4.87. The Morgan fingerprint density at radius 3 is 2.48 bits per heavy atom. The molecule has 0 amide bonds. The van der Waals surface area contributed by atoms with E-state index in [4.69, 9.17) is 4.98 Å². The molecule has 21 heavy (non-hydrogen) atoms. The van der Waals surface area contributed by atoms with Gasteiger partial charge >= 0.3 is 0 Å². The van der Waals surface area contributed by atoms with E-state index in [1.165, 1.54) is 29.8 Å². The van der Waals surface area contributed by atoms with Gasteiger partial charge in [0.1, 0.15) is 5.82 Å².